The number of hydrogen-bond donors (Lipinski definition) is 1. The summed E-state index contributed by atoms with van der Waals surface area (Å²) in [4.78, 5) is 17.7. The Morgan fingerprint density at radius 2 is 1.64 bits per heavy atom. The molecule has 1 saturated heterocycles. The van der Waals surface area contributed by atoms with Gasteiger partial charge in [-0.05, 0) is 37.5 Å². The van der Waals surface area contributed by atoms with Gasteiger partial charge in [-0.1, -0.05) is 61.9 Å². The Balaban J connectivity index is 1.57. The zero-order chi connectivity index (χ0) is 19.9. The van der Waals surface area contributed by atoms with Gasteiger partial charge in [0.25, 0.3) is 0 Å². The van der Waals surface area contributed by atoms with Crippen LogP contribution in [0.1, 0.15) is 43.9 Å². The number of anilines is 1. The summed E-state index contributed by atoms with van der Waals surface area (Å²) in [5.41, 5.74) is 3.81. The molecule has 2 aromatic rings. The molecule has 1 amide bonds. The van der Waals surface area contributed by atoms with Crippen LogP contribution in [0.4, 0.5) is 5.69 Å². The highest BCUT2D eigenvalue weighted by molar-refractivity contribution is 5.81. The maximum Gasteiger partial charge on any atom is 0.237 e. The van der Waals surface area contributed by atoms with Crippen molar-refractivity contribution in [1.82, 2.24) is 10.2 Å². The van der Waals surface area contributed by atoms with Gasteiger partial charge in [-0.2, -0.15) is 0 Å². The third kappa shape index (κ3) is 4.93. The number of aryl methyl sites for hydroxylation is 1. The van der Waals surface area contributed by atoms with Gasteiger partial charge in [0.2, 0.25) is 5.91 Å². The van der Waals surface area contributed by atoms with Crippen LogP contribution in [-0.4, -0.2) is 43.0 Å². The van der Waals surface area contributed by atoms with Gasteiger partial charge < -0.3 is 10.2 Å². The molecular formula is C24H33N3O. The van der Waals surface area contributed by atoms with Crippen LogP contribution in [0.5, 0.6) is 0 Å². The first-order valence-corrected chi connectivity index (χ1v) is 10.5. The van der Waals surface area contributed by atoms with Crippen molar-refractivity contribution in [3.63, 3.8) is 0 Å². The van der Waals surface area contributed by atoms with E-state index in [2.05, 4.69) is 65.4 Å². The van der Waals surface area contributed by atoms with Crippen LogP contribution in [0, 0.1) is 6.92 Å². The zero-order valence-corrected chi connectivity index (χ0v) is 17.4. The van der Waals surface area contributed by atoms with Gasteiger partial charge in [0.1, 0.15) is 0 Å². The molecule has 0 radical (unpaired) electrons. The average Bonchev–Trinajstić information content (AvgIpc) is 2.74. The molecule has 1 fully saturated rings. The topological polar surface area (TPSA) is 35.6 Å². The highest BCUT2D eigenvalue weighted by Crippen LogP contribution is 2.22. The van der Waals surface area contributed by atoms with Crippen LogP contribution < -0.4 is 10.2 Å². The first-order valence-electron chi connectivity index (χ1n) is 10.5. The molecule has 28 heavy (non-hydrogen) atoms. The summed E-state index contributed by atoms with van der Waals surface area (Å²) in [6.07, 6.45) is 2.01. The number of benzene rings is 2. The van der Waals surface area contributed by atoms with Crippen LogP contribution in [0.3, 0.4) is 0 Å². The van der Waals surface area contributed by atoms with Crippen molar-refractivity contribution in [2.45, 2.75) is 45.7 Å². The van der Waals surface area contributed by atoms with E-state index in [4.69, 9.17) is 0 Å². The molecule has 0 unspecified atom stereocenters. The lowest BCUT2D eigenvalue weighted by Gasteiger charge is -2.39. The molecule has 3 rings (SSSR count). The summed E-state index contributed by atoms with van der Waals surface area (Å²) < 4.78 is 0. The number of para-hydroxylation sites is 1. The number of nitrogens with one attached hydrogen (secondary N) is 1. The molecule has 4 heteroatoms. The summed E-state index contributed by atoms with van der Waals surface area (Å²) in [6.45, 7) is 10.1. The summed E-state index contributed by atoms with van der Waals surface area (Å²) >= 11 is 0. The Bertz CT molecular complexity index is 753. The Labute approximate surface area is 169 Å². The normalized spacial score (nSPS) is 17.2. The van der Waals surface area contributed by atoms with Gasteiger partial charge >= 0.3 is 0 Å². The largest absolute Gasteiger partial charge is 0.369 e. The molecule has 1 N–H and O–H groups in total. The average molecular weight is 380 g/mol. The number of rotatable bonds is 7. The third-order valence-electron chi connectivity index (χ3n) is 5.79. The molecule has 1 aliphatic rings. The molecule has 1 aliphatic heterocycles. The fraction of sp³-hybridized carbons (Fsp3) is 0.458. The fourth-order valence-corrected chi connectivity index (χ4v) is 4.02. The zero-order valence-electron chi connectivity index (χ0n) is 17.4. The van der Waals surface area contributed by atoms with Crippen molar-refractivity contribution < 1.29 is 4.79 Å². The Kier molecular flexibility index (Phi) is 7.10. The highest BCUT2D eigenvalue weighted by Gasteiger charge is 2.27. The van der Waals surface area contributed by atoms with Gasteiger partial charge in [0.05, 0.1) is 12.1 Å². The molecule has 2 atom stereocenters. The molecule has 0 saturated carbocycles. The molecule has 2 aromatic carbocycles. The minimum Gasteiger partial charge on any atom is -0.369 e. The standard InChI is InChI=1S/C24H33N3O/c1-4-10-22(21-12-6-5-7-13-21)25-24(28)20(3)26-15-17-27(18-16-26)23-14-9-8-11-19(23)2/h5-9,11-14,20,22H,4,10,15-18H2,1-3H3,(H,25,28)/t20-,22+/m0/s1. The summed E-state index contributed by atoms with van der Waals surface area (Å²) in [7, 11) is 0. The fourth-order valence-electron chi connectivity index (χ4n) is 4.02. The maximum absolute atomic E-state index is 12.9. The lowest BCUT2D eigenvalue weighted by atomic mass is 10.0. The van der Waals surface area contributed by atoms with E-state index in [0.29, 0.717) is 0 Å². The Morgan fingerprint density at radius 1 is 1.00 bits per heavy atom. The first-order chi connectivity index (χ1) is 13.6. The predicted octanol–water partition coefficient (Wildman–Crippen LogP) is 4.16. The lowest BCUT2D eigenvalue weighted by molar-refractivity contribution is -0.126. The van der Waals surface area contributed by atoms with E-state index in [-0.39, 0.29) is 18.0 Å². The van der Waals surface area contributed by atoms with Gasteiger partial charge in [-0.25, -0.2) is 0 Å². The van der Waals surface area contributed by atoms with E-state index in [0.717, 1.165) is 39.0 Å². The molecule has 0 aromatic heterocycles. The summed E-state index contributed by atoms with van der Waals surface area (Å²) in [6, 6.07) is 18.8. The van der Waals surface area contributed by atoms with Crippen LogP contribution in [0.2, 0.25) is 0 Å². The second-order valence-corrected chi connectivity index (χ2v) is 7.75. The second-order valence-electron chi connectivity index (χ2n) is 7.75. The third-order valence-corrected chi connectivity index (χ3v) is 5.79. The number of hydrogen-bond acceptors (Lipinski definition) is 3. The smallest absolute Gasteiger partial charge is 0.237 e. The van der Waals surface area contributed by atoms with E-state index in [1.165, 1.54) is 16.8 Å². The number of carbonyl (C=O) groups excluding carboxylic acids is 1. The van der Waals surface area contributed by atoms with Crippen molar-refractivity contribution in [2.75, 3.05) is 31.1 Å². The van der Waals surface area contributed by atoms with Crippen molar-refractivity contribution in [1.29, 1.82) is 0 Å². The minimum absolute atomic E-state index is 0.0920. The van der Waals surface area contributed by atoms with Gasteiger partial charge in [0, 0.05) is 31.9 Å². The molecule has 4 nitrogen and oxygen atoms in total. The lowest BCUT2D eigenvalue weighted by Crippen LogP contribution is -2.54. The molecule has 0 bridgehead atoms. The monoisotopic (exact) mass is 379 g/mol. The molecular weight excluding hydrogens is 346 g/mol. The van der Waals surface area contributed by atoms with E-state index < -0.39 is 0 Å². The van der Waals surface area contributed by atoms with Crippen molar-refractivity contribution >= 4 is 11.6 Å². The van der Waals surface area contributed by atoms with Crippen LogP contribution in [0.25, 0.3) is 0 Å². The predicted molar refractivity (Wildman–Crippen MR) is 117 cm³/mol. The van der Waals surface area contributed by atoms with Crippen molar-refractivity contribution in [2.24, 2.45) is 0 Å². The highest BCUT2D eigenvalue weighted by atomic mass is 16.2. The van der Waals surface area contributed by atoms with Gasteiger partial charge in [-0.15, -0.1) is 0 Å². The first kappa shape index (κ1) is 20.4. The van der Waals surface area contributed by atoms with Crippen LogP contribution in [0.15, 0.2) is 54.6 Å². The van der Waals surface area contributed by atoms with E-state index in [9.17, 15) is 4.79 Å². The second kappa shape index (κ2) is 9.74. The number of piperazine rings is 1. The summed E-state index contributed by atoms with van der Waals surface area (Å²) in [5, 5.41) is 3.29. The maximum atomic E-state index is 12.9. The van der Waals surface area contributed by atoms with Gasteiger partial charge in [-0.3, -0.25) is 9.69 Å². The van der Waals surface area contributed by atoms with E-state index in [1.54, 1.807) is 0 Å². The van der Waals surface area contributed by atoms with Crippen LogP contribution in [-0.2, 0) is 4.79 Å². The molecule has 0 aliphatic carbocycles. The molecule has 0 spiro atoms. The number of nitrogens with zero attached hydrogens (tertiary/aromatic N) is 2. The summed E-state index contributed by atoms with van der Waals surface area (Å²) in [5.74, 6) is 0.131. The molecule has 150 valence electrons. The Morgan fingerprint density at radius 3 is 2.29 bits per heavy atom. The van der Waals surface area contributed by atoms with Crippen molar-refractivity contribution in [3.05, 3.63) is 65.7 Å². The minimum atomic E-state index is -0.109. The SMILES string of the molecule is CCC[C@@H](NC(=O)[C@H](C)N1CCN(c2ccccc2C)CC1)c1ccccc1. The van der Waals surface area contributed by atoms with Gasteiger partial charge in [0.15, 0.2) is 0 Å². The quantitative estimate of drug-likeness (QED) is 0.784. The van der Waals surface area contributed by atoms with E-state index >= 15 is 0 Å². The van der Waals surface area contributed by atoms with Crippen LogP contribution >= 0.6 is 0 Å². The van der Waals surface area contributed by atoms with E-state index in [1.807, 2.05) is 25.1 Å². The Hall–Kier alpha value is -2.33. The number of amides is 1. The van der Waals surface area contributed by atoms with Crippen molar-refractivity contribution in [3.8, 4) is 0 Å². The molecule has 1 heterocycles. The number of carbonyl (C=O) groups is 1.